The van der Waals surface area contributed by atoms with Crippen LogP contribution in [0.3, 0.4) is 0 Å². The molecule has 0 aliphatic heterocycles. The van der Waals surface area contributed by atoms with Crippen molar-refractivity contribution >= 4 is 21.6 Å². The van der Waals surface area contributed by atoms with Crippen LogP contribution in [0.1, 0.15) is 5.56 Å². The third kappa shape index (κ3) is 3.25. The fourth-order valence-corrected chi connectivity index (χ4v) is 2.58. The van der Waals surface area contributed by atoms with Crippen LogP contribution in [0.15, 0.2) is 47.8 Å². The summed E-state index contributed by atoms with van der Waals surface area (Å²) in [5, 5.41) is 0.141. The normalized spacial score (nSPS) is 11.4. The number of nitrogens with zero attached hydrogens (tertiary/aromatic N) is 2. The summed E-state index contributed by atoms with van der Waals surface area (Å²) < 4.78 is 26.4. The van der Waals surface area contributed by atoms with Gasteiger partial charge in [-0.3, -0.25) is 4.98 Å². The summed E-state index contributed by atoms with van der Waals surface area (Å²) in [6.45, 7) is 0.199. The molecular formula is C11H10ClN3O2S. The second-order valence-electron chi connectivity index (χ2n) is 3.49. The van der Waals surface area contributed by atoms with Gasteiger partial charge in [-0.2, -0.15) is 0 Å². The van der Waals surface area contributed by atoms with Gasteiger partial charge in [-0.15, -0.1) is 0 Å². The largest absolute Gasteiger partial charge is 0.265 e. The molecule has 2 heterocycles. The van der Waals surface area contributed by atoms with Gasteiger partial charge < -0.3 is 0 Å². The van der Waals surface area contributed by atoms with E-state index >= 15 is 0 Å². The van der Waals surface area contributed by atoms with Crippen LogP contribution in [0.2, 0.25) is 5.15 Å². The first kappa shape index (κ1) is 12.9. The molecule has 0 saturated heterocycles. The molecule has 94 valence electrons. The Labute approximate surface area is 110 Å². The van der Waals surface area contributed by atoms with Gasteiger partial charge in [0.1, 0.15) is 5.15 Å². The Kier molecular flexibility index (Phi) is 3.90. The van der Waals surface area contributed by atoms with Crippen LogP contribution in [0, 0.1) is 0 Å². The second-order valence-corrected chi connectivity index (χ2v) is 5.65. The Bertz CT molecular complexity index is 632. The summed E-state index contributed by atoms with van der Waals surface area (Å²) in [6.07, 6.45) is 4.56. The lowest BCUT2D eigenvalue weighted by atomic mass is 10.3. The molecule has 2 rings (SSSR count). The first-order valence-corrected chi connectivity index (χ1v) is 6.94. The van der Waals surface area contributed by atoms with E-state index in [1.54, 1.807) is 24.5 Å². The van der Waals surface area contributed by atoms with Gasteiger partial charge in [-0.1, -0.05) is 11.6 Å². The molecule has 0 radical (unpaired) electrons. The monoisotopic (exact) mass is 283 g/mol. The van der Waals surface area contributed by atoms with Crippen molar-refractivity contribution in [2.45, 2.75) is 11.4 Å². The molecule has 0 spiro atoms. The Balaban J connectivity index is 2.13. The van der Waals surface area contributed by atoms with Crippen molar-refractivity contribution in [1.29, 1.82) is 0 Å². The Hall–Kier alpha value is -1.50. The molecule has 0 bridgehead atoms. The van der Waals surface area contributed by atoms with E-state index < -0.39 is 10.0 Å². The van der Waals surface area contributed by atoms with E-state index in [1.165, 1.54) is 18.3 Å². The molecule has 1 N–H and O–H groups in total. The minimum Gasteiger partial charge on any atom is -0.265 e. The Morgan fingerprint density at radius 3 is 2.56 bits per heavy atom. The first-order chi connectivity index (χ1) is 8.58. The highest BCUT2D eigenvalue weighted by atomic mass is 35.5. The van der Waals surface area contributed by atoms with Gasteiger partial charge in [0.05, 0.1) is 4.90 Å². The zero-order chi connectivity index (χ0) is 13.0. The van der Waals surface area contributed by atoms with Crippen LogP contribution in [0.4, 0.5) is 0 Å². The van der Waals surface area contributed by atoms with Crippen molar-refractivity contribution in [2.24, 2.45) is 0 Å². The maximum Gasteiger partial charge on any atom is 0.241 e. The molecule has 0 aliphatic carbocycles. The van der Waals surface area contributed by atoms with Gasteiger partial charge in [0.25, 0.3) is 0 Å². The first-order valence-electron chi connectivity index (χ1n) is 5.08. The molecule has 5 nitrogen and oxygen atoms in total. The summed E-state index contributed by atoms with van der Waals surface area (Å²) >= 11 is 5.66. The summed E-state index contributed by atoms with van der Waals surface area (Å²) in [4.78, 5) is 7.69. The molecule has 0 saturated carbocycles. The third-order valence-corrected chi connectivity index (χ3v) is 3.83. The molecule has 0 atom stereocenters. The quantitative estimate of drug-likeness (QED) is 0.865. The summed E-state index contributed by atoms with van der Waals surface area (Å²) in [5.74, 6) is 0. The smallest absolute Gasteiger partial charge is 0.241 e. The molecular weight excluding hydrogens is 274 g/mol. The van der Waals surface area contributed by atoms with Crippen molar-refractivity contribution in [1.82, 2.24) is 14.7 Å². The van der Waals surface area contributed by atoms with E-state index in [2.05, 4.69) is 14.7 Å². The Morgan fingerprint density at radius 2 is 1.89 bits per heavy atom. The fraction of sp³-hybridized carbons (Fsp3) is 0.0909. The molecule has 0 fully saturated rings. The topological polar surface area (TPSA) is 72.0 Å². The van der Waals surface area contributed by atoms with E-state index in [4.69, 9.17) is 11.6 Å². The maximum absolute atomic E-state index is 11.9. The van der Waals surface area contributed by atoms with Crippen LogP contribution in [0.25, 0.3) is 0 Å². The van der Waals surface area contributed by atoms with E-state index in [0.717, 1.165) is 5.56 Å². The SMILES string of the molecule is O=S(=O)(NCc1ccncc1)c1ccnc(Cl)c1. The summed E-state index contributed by atoms with van der Waals surface area (Å²) in [5.41, 5.74) is 0.828. The van der Waals surface area contributed by atoms with E-state index in [0.29, 0.717) is 0 Å². The highest BCUT2D eigenvalue weighted by Gasteiger charge is 2.14. The highest BCUT2D eigenvalue weighted by molar-refractivity contribution is 7.89. The van der Waals surface area contributed by atoms with Crippen molar-refractivity contribution in [3.05, 3.63) is 53.6 Å². The zero-order valence-electron chi connectivity index (χ0n) is 9.25. The highest BCUT2D eigenvalue weighted by Crippen LogP contribution is 2.13. The lowest BCUT2D eigenvalue weighted by Crippen LogP contribution is -2.23. The molecule has 0 amide bonds. The predicted molar refractivity (Wildman–Crippen MR) is 67.5 cm³/mol. The number of rotatable bonds is 4. The standard InChI is InChI=1S/C11H10ClN3O2S/c12-11-7-10(3-6-14-11)18(16,17)15-8-9-1-4-13-5-2-9/h1-7,15H,8H2. The predicted octanol–water partition coefficient (Wildman–Crippen LogP) is 1.61. The van der Waals surface area contributed by atoms with Gasteiger partial charge in [0.2, 0.25) is 10.0 Å². The molecule has 2 aromatic rings. The number of pyridine rings is 2. The second kappa shape index (κ2) is 5.43. The lowest BCUT2D eigenvalue weighted by Gasteiger charge is -2.06. The minimum atomic E-state index is -3.58. The lowest BCUT2D eigenvalue weighted by molar-refractivity contribution is 0.581. The van der Waals surface area contributed by atoms with E-state index in [9.17, 15) is 8.42 Å². The average molecular weight is 284 g/mol. The number of nitrogens with one attached hydrogen (secondary N) is 1. The molecule has 0 unspecified atom stereocenters. The number of halogens is 1. The van der Waals surface area contributed by atoms with Gasteiger partial charge in [-0.05, 0) is 29.8 Å². The van der Waals surface area contributed by atoms with Crippen molar-refractivity contribution in [3.8, 4) is 0 Å². The van der Waals surface area contributed by atoms with Gasteiger partial charge in [0, 0.05) is 25.1 Å². The number of sulfonamides is 1. The van der Waals surface area contributed by atoms with Crippen molar-refractivity contribution < 1.29 is 8.42 Å². The Morgan fingerprint density at radius 1 is 1.17 bits per heavy atom. The summed E-state index contributed by atoms with van der Waals surface area (Å²) in [7, 11) is -3.58. The molecule has 0 aliphatic rings. The van der Waals surface area contributed by atoms with Crippen LogP contribution in [0.5, 0.6) is 0 Å². The van der Waals surface area contributed by atoms with Gasteiger partial charge in [-0.25, -0.2) is 18.1 Å². The number of hydrogen-bond acceptors (Lipinski definition) is 4. The molecule has 18 heavy (non-hydrogen) atoms. The van der Waals surface area contributed by atoms with Gasteiger partial charge in [0.15, 0.2) is 0 Å². The van der Waals surface area contributed by atoms with Crippen LogP contribution >= 0.6 is 11.6 Å². The molecule has 0 aromatic carbocycles. The van der Waals surface area contributed by atoms with Crippen molar-refractivity contribution in [2.75, 3.05) is 0 Å². The average Bonchev–Trinajstić information content (AvgIpc) is 2.38. The van der Waals surface area contributed by atoms with Crippen molar-refractivity contribution in [3.63, 3.8) is 0 Å². The van der Waals surface area contributed by atoms with Gasteiger partial charge >= 0.3 is 0 Å². The summed E-state index contributed by atoms with van der Waals surface area (Å²) in [6, 6.07) is 6.17. The van der Waals surface area contributed by atoms with Crippen LogP contribution in [-0.2, 0) is 16.6 Å². The molecule has 2 aromatic heterocycles. The van der Waals surface area contributed by atoms with E-state index in [1.807, 2.05) is 0 Å². The number of aromatic nitrogens is 2. The van der Waals surface area contributed by atoms with Crippen LogP contribution < -0.4 is 4.72 Å². The minimum absolute atomic E-state index is 0.0940. The fourth-order valence-electron chi connectivity index (χ4n) is 1.31. The third-order valence-electron chi connectivity index (χ3n) is 2.22. The zero-order valence-corrected chi connectivity index (χ0v) is 10.8. The van der Waals surface area contributed by atoms with E-state index in [-0.39, 0.29) is 16.6 Å². The van der Waals surface area contributed by atoms with Crippen LogP contribution in [-0.4, -0.2) is 18.4 Å². The molecule has 7 heteroatoms. The maximum atomic E-state index is 11.9. The number of hydrogen-bond donors (Lipinski definition) is 1.